The molecule has 0 saturated heterocycles. The molecule has 0 aliphatic carbocycles. The van der Waals surface area contributed by atoms with Gasteiger partial charge in [-0.25, -0.2) is 4.79 Å². The fraction of sp³-hybridized carbons (Fsp3) is 0.250. The number of nitrogens with zero attached hydrogens (tertiary/aromatic N) is 1. The van der Waals surface area contributed by atoms with Crippen LogP contribution in [0.25, 0.3) is 6.08 Å². The second-order valence-electron chi connectivity index (χ2n) is 5.95. The number of carbonyl (C=O) groups excluding carboxylic acids is 1. The van der Waals surface area contributed by atoms with E-state index in [0.29, 0.717) is 17.1 Å². The lowest BCUT2D eigenvalue weighted by Gasteiger charge is -2.12. The van der Waals surface area contributed by atoms with Crippen LogP contribution in [-0.2, 0) is 16.1 Å². The summed E-state index contributed by atoms with van der Waals surface area (Å²) in [5, 5.41) is 11.6. The number of alkyl halides is 2. The summed E-state index contributed by atoms with van der Waals surface area (Å²) in [6.07, 6.45) is 2.47. The lowest BCUT2D eigenvalue weighted by molar-refractivity contribution is -0.386. The zero-order valence-corrected chi connectivity index (χ0v) is 17.9. The summed E-state index contributed by atoms with van der Waals surface area (Å²) in [7, 11) is 4.03. The standard InChI is InChI=1S/C20H18ClF2NO8/c1-28-15-8-12(14(24(26)27)9-16(15)32-20(22)23)10-31-18(25)5-4-11-6-13(21)19(30-3)17(7-11)29-2/h4-9,20H,10H2,1-3H3/b5-4+. The molecule has 0 atom stereocenters. The number of esters is 1. The van der Waals surface area contributed by atoms with E-state index in [0.717, 1.165) is 18.2 Å². The molecule has 0 unspecified atom stereocenters. The zero-order chi connectivity index (χ0) is 23.8. The van der Waals surface area contributed by atoms with Crippen LogP contribution < -0.4 is 18.9 Å². The van der Waals surface area contributed by atoms with Crippen molar-refractivity contribution in [2.75, 3.05) is 21.3 Å². The number of carbonyl (C=O) groups is 1. The van der Waals surface area contributed by atoms with Crippen LogP contribution >= 0.6 is 11.6 Å². The van der Waals surface area contributed by atoms with Gasteiger partial charge < -0.3 is 23.7 Å². The van der Waals surface area contributed by atoms with E-state index in [1.807, 2.05) is 0 Å². The highest BCUT2D eigenvalue weighted by Gasteiger charge is 2.22. The van der Waals surface area contributed by atoms with E-state index in [1.54, 1.807) is 6.07 Å². The third-order valence-corrected chi connectivity index (χ3v) is 4.30. The molecule has 172 valence electrons. The van der Waals surface area contributed by atoms with Crippen molar-refractivity contribution in [3.63, 3.8) is 0 Å². The van der Waals surface area contributed by atoms with E-state index in [9.17, 15) is 23.7 Å². The molecular weight excluding hydrogens is 456 g/mol. The Bertz CT molecular complexity index is 1030. The van der Waals surface area contributed by atoms with Crippen LogP contribution in [0.5, 0.6) is 23.0 Å². The van der Waals surface area contributed by atoms with Crippen molar-refractivity contribution >= 4 is 29.3 Å². The Morgan fingerprint density at radius 2 is 1.78 bits per heavy atom. The molecule has 9 nitrogen and oxygen atoms in total. The first-order valence-electron chi connectivity index (χ1n) is 8.76. The lowest BCUT2D eigenvalue weighted by atomic mass is 10.1. The molecule has 0 bridgehead atoms. The first-order valence-corrected chi connectivity index (χ1v) is 9.14. The number of methoxy groups -OCH3 is 3. The van der Waals surface area contributed by atoms with Crippen LogP contribution in [0.2, 0.25) is 5.02 Å². The molecule has 0 saturated carbocycles. The molecule has 0 aliphatic heterocycles. The Morgan fingerprint density at radius 1 is 1.09 bits per heavy atom. The average Bonchev–Trinajstić information content (AvgIpc) is 2.75. The molecular formula is C20H18ClF2NO8. The monoisotopic (exact) mass is 473 g/mol. The van der Waals surface area contributed by atoms with Gasteiger partial charge in [0, 0.05) is 6.08 Å². The summed E-state index contributed by atoms with van der Waals surface area (Å²) < 4.78 is 49.5. The Balaban J connectivity index is 2.18. The van der Waals surface area contributed by atoms with E-state index >= 15 is 0 Å². The van der Waals surface area contributed by atoms with Crippen LogP contribution in [0, 0.1) is 10.1 Å². The van der Waals surface area contributed by atoms with Gasteiger partial charge >= 0.3 is 12.6 Å². The number of hydrogen-bond donors (Lipinski definition) is 0. The maximum atomic E-state index is 12.5. The third kappa shape index (κ3) is 6.20. The molecule has 2 aromatic carbocycles. The van der Waals surface area contributed by atoms with Crippen LogP contribution in [0.15, 0.2) is 30.3 Å². The minimum absolute atomic E-state index is 0.0793. The van der Waals surface area contributed by atoms with Gasteiger partial charge in [0.25, 0.3) is 5.69 Å². The van der Waals surface area contributed by atoms with Gasteiger partial charge in [0.2, 0.25) is 0 Å². The summed E-state index contributed by atoms with van der Waals surface area (Å²) in [6.45, 7) is -3.72. The van der Waals surface area contributed by atoms with Gasteiger partial charge in [-0.2, -0.15) is 8.78 Å². The van der Waals surface area contributed by atoms with Gasteiger partial charge in [-0.3, -0.25) is 10.1 Å². The topological polar surface area (TPSA) is 106 Å². The molecule has 0 N–H and O–H groups in total. The molecule has 2 rings (SSSR count). The second kappa shape index (κ2) is 11.1. The Labute approximate surface area is 186 Å². The van der Waals surface area contributed by atoms with Crippen molar-refractivity contribution in [3.8, 4) is 23.0 Å². The summed E-state index contributed by atoms with van der Waals surface area (Å²) in [6, 6.07) is 4.96. The molecule has 0 aromatic heterocycles. The highest BCUT2D eigenvalue weighted by molar-refractivity contribution is 6.32. The minimum Gasteiger partial charge on any atom is -0.493 e. The number of hydrogen-bond acceptors (Lipinski definition) is 8. The van der Waals surface area contributed by atoms with Crippen molar-refractivity contribution < 1.29 is 42.2 Å². The van der Waals surface area contributed by atoms with E-state index in [-0.39, 0.29) is 16.3 Å². The highest BCUT2D eigenvalue weighted by atomic mass is 35.5. The van der Waals surface area contributed by atoms with E-state index in [2.05, 4.69) is 4.74 Å². The largest absolute Gasteiger partial charge is 0.493 e. The average molecular weight is 474 g/mol. The first-order chi connectivity index (χ1) is 15.2. The quantitative estimate of drug-likeness (QED) is 0.213. The second-order valence-corrected chi connectivity index (χ2v) is 6.35. The van der Waals surface area contributed by atoms with E-state index in [1.165, 1.54) is 33.5 Å². The fourth-order valence-corrected chi connectivity index (χ4v) is 2.92. The number of rotatable bonds is 10. The fourth-order valence-electron chi connectivity index (χ4n) is 2.62. The summed E-state index contributed by atoms with van der Waals surface area (Å²) in [5.74, 6) is -0.847. The van der Waals surface area contributed by atoms with Gasteiger partial charge in [0.15, 0.2) is 23.0 Å². The zero-order valence-electron chi connectivity index (χ0n) is 17.1. The van der Waals surface area contributed by atoms with Crippen molar-refractivity contribution in [2.45, 2.75) is 13.2 Å². The van der Waals surface area contributed by atoms with Crippen molar-refractivity contribution in [1.29, 1.82) is 0 Å². The third-order valence-electron chi connectivity index (χ3n) is 4.02. The molecule has 0 spiro atoms. The molecule has 2 aromatic rings. The van der Waals surface area contributed by atoms with Crippen molar-refractivity contribution in [1.82, 2.24) is 0 Å². The molecule has 0 heterocycles. The minimum atomic E-state index is -3.21. The van der Waals surface area contributed by atoms with Gasteiger partial charge in [0.1, 0.15) is 6.61 Å². The molecule has 0 aliphatic rings. The maximum Gasteiger partial charge on any atom is 0.387 e. The van der Waals surface area contributed by atoms with E-state index in [4.69, 9.17) is 30.5 Å². The Morgan fingerprint density at radius 3 is 2.34 bits per heavy atom. The molecule has 0 amide bonds. The normalized spacial score (nSPS) is 10.8. The molecule has 0 fully saturated rings. The lowest BCUT2D eigenvalue weighted by Crippen LogP contribution is -2.07. The number of halogens is 3. The highest BCUT2D eigenvalue weighted by Crippen LogP contribution is 2.37. The molecule has 32 heavy (non-hydrogen) atoms. The van der Waals surface area contributed by atoms with E-state index < -0.39 is 35.5 Å². The SMILES string of the molecule is COc1cc(COC(=O)/C=C/c2cc(Cl)c(OC)c(OC)c2)c([N+](=O)[O-])cc1OC(F)F. The summed E-state index contributed by atoms with van der Waals surface area (Å²) in [4.78, 5) is 22.6. The number of benzene rings is 2. The molecule has 0 radical (unpaired) electrons. The molecule has 12 heteroatoms. The maximum absolute atomic E-state index is 12.5. The number of nitro groups is 1. The van der Waals surface area contributed by atoms with Gasteiger partial charge in [-0.15, -0.1) is 0 Å². The summed E-state index contributed by atoms with van der Waals surface area (Å²) in [5.41, 5.74) is -0.153. The van der Waals surface area contributed by atoms with Gasteiger partial charge in [0.05, 0.1) is 42.9 Å². The Kier molecular flexibility index (Phi) is 8.59. The van der Waals surface area contributed by atoms with Crippen molar-refractivity contribution in [3.05, 3.63) is 56.6 Å². The van der Waals surface area contributed by atoms with Gasteiger partial charge in [-0.1, -0.05) is 11.6 Å². The van der Waals surface area contributed by atoms with Crippen molar-refractivity contribution in [2.24, 2.45) is 0 Å². The number of ether oxygens (including phenoxy) is 5. The first kappa shape index (κ1) is 24.7. The van der Waals surface area contributed by atoms with Crippen LogP contribution in [0.1, 0.15) is 11.1 Å². The predicted octanol–water partition coefficient (Wildman–Crippen LogP) is 4.63. The number of nitro benzene ring substituents is 1. The smallest absolute Gasteiger partial charge is 0.387 e. The van der Waals surface area contributed by atoms with Gasteiger partial charge in [-0.05, 0) is 29.8 Å². The van der Waals surface area contributed by atoms with Crippen LogP contribution in [0.4, 0.5) is 14.5 Å². The van der Waals surface area contributed by atoms with Crippen LogP contribution in [-0.4, -0.2) is 38.8 Å². The predicted molar refractivity (Wildman–Crippen MR) is 110 cm³/mol. The van der Waals surface area contributed by atoms with Crippen LogP contribution in [0.3, 0.4) is 0 Å². The Hall–Kier alpha value is -3.60. The summed E-state index contributed by atoms with van der Waals surface area (Å²) >= 11 is 6.10.